The second-order valence-corrected chi connectivity index (χ2v) is 5.64. The molecular formula is C18H13ClN4O. The third-order valence-electron chi connectivity index (χ3n) is 3.42. The van der Waals surface area contributed by atoms with Gasteiger partial charge in [-0.2, -0.15) is 10.4 Å². The maximum atomic E-state index is 12.4. The number of carbonyl (C=O) groups is 1. The van der Waals surface area contributed by atoms with Gasteiger partial charge in [-0.25, -0.2) is 4.68 Å². The molecular weight excluding hydrogens is 324 g/mol. The van der Waals surface area contributed by atoms with E-state index in [0.717, 1.165) is 11.4 Å². The van der Waals surface area contributed by atoms with Crippen molar-refractivity contribution in [1.82, 2.24) is 9.78 Å². The summed E-state index contributed by atoms with van der Waals surface area (Å²) >= 11 is 5.91. The minimum Gasteiger partial charge on any atom is -0.306 e. The van der Waals surface area contributed by atoms with Crippen LogP contribution in [-0.2, 0) is 0 Å². The van der Waals surface area contributed by atoms with E-state index in [-0.39, 0.29) is 5.91 Å². The highest BCUT2D eigenvalue weighted by Crippen LogP contribution is 2.20. The summed E-state index contributed by atoms with van der Waals surface area (Å²) in [5, 5.41) is 16.7. The van der Waals surface area contributed by atoms with Crippen molar-refractivity contribution in [3.63, 3.8) is 0 Å². The van der Waals surface area contributed by atoms with Crippen LogP contribution in [0.1, 0.15) is 21.6 Å². The normalized spacial score (nSPS) is 10.2. The van der Waals surface area contributed by atoms with Gasteiger partial charge in [0, 0.05) is 16.7 Å². The quantitative estimate of drug-likeness (QED) is 0.787. The molecule has 0 saturated heterocycles. The molecule has 1 heterocycles. The van der Waals surface area contributed by atoms with Crippen LogP contribution in [0.4, 0.5) is 5.82 Å². The van der Waals surface area contributed by atoms with Gasteiger partial charge < -0.3 is 5.32 Å². The maximum Gasteiger partial charge on any atom is 0.256 e. The van der Waals surface area contributed by atoms with E-state index in [9.17, 15) is 4.79 Å². The van der Waals surface area contributed by atoms with Gasteiger partial charge in [-0.1, -0.05) is 11.6 Å². The zero-order valence-corrected chi connectivity index (χ0v) is 13.6. The third-order valence-corrected chi connectivity index (χ3v) is 3.67. The van der Waals surface area contributed by atoms with Crippen LogP contribution in [0.5, 0.6) is 0 Å². The minimum absolute atomic E-state index is 0.269. The number of nitriles is 1. The highest BCUT2D eigenvalue weighted by Gasteiger charge is 2.12. The van der Waals surface area contributed by atoms with Gasteiger partial charge in [0.2, 0.25) is 0 Å². The summed E-state index contributed by atoms with van der Waals surface area (Å²) in [6.45, 7) is 1.85. The summed E-state index contributed by atoms with van der Waals surface area (Å²) in [6, 6.07) is 17.4. The van der Waals surface area contributed by atoms with Crippen LogP contribution in [0.15, 0.2) is 54.6 Å². The third kappa shape index (κ3) is 3.29. The number of nitrogens with zero attached hydrogens (tertiary/aromatic N) is 3. The van der Waals surface area contributed by atoms with E-state index in [4.69, 9.17) is 16.9 Å². The lowest BCUT2D eigenvalue weighted by Crippen LogP contribution is -2.15. The molecule has 0 spiro atoms. The van der Waals surface area contributed by atoms with E-state index in [1.54, 1.807) is 47.1 Å². The summed E-state index contributed by atoms with van der Waals surface area (Å²) < 4.78 is 1.65. The summed E-state index contributed by atoms with van der Waals surface area (Å²) in [5.41, 5.74) is 2.55. The van der Waals surface area contributed by atoms with E-state index in [2.05, 4.69) is 10.4 Å². The van der Waals surface area contributed by atoms with Gasteiger partial charge in [-0.15, -0.1) is 0 Å². The second-order valence-electron chi connectivity index (χ2n) is 5.20. The van der Waals surface area contributed by atoms with Crippen molar-refractivity contribution in [2.45, 2.75) is 6.92 Å². The van der Waals surface area contributed by atoms with Gasteiger partial charge in [0.1, 0.15) is 5.82 Å². The first kappa shape index (κ1) is 15.8. The van der Waals surface area contributed by atoms with Crippen molar-refractivity contribution in [1.29, 1.82) is 5.26 Å². The molecule has 24 heavy (non-hydrogen) atoms. The summed E-state index contributed by atoms with van der Waals surface area (Å²) in [7, 11) is 0. The van der Waals surface area contributed by atoms with Crippen LogP contribution in [0.3, 0.4) is 0 Å². The Bertz CT molecular complexity index is 921. The number of aromatic nitrogens is 2. The predicted octanol–water partition coefficient (Wildman–Crippen LogP) is 3.96. The van der Waals surface area contributed by atoms with Gasteiger partial charge in [0.15, 0.2) is 0 Å². The van der Waals surface area contributed by atoms with Gasteiger partial charge in [0.05, 0.1) is 23.0 Å². The Hall–Kier alpha value is -3.10. The number of halogens is 1. The average molecular weight is 337 g/mol. The molecule has 0 aliphatic rings. The molecule has 2 aromatic carbocycles. The van der Waals surface area contributed by atoms with Crippen molar-refractivity contribution in [2.24, 2.45) is 0 Å². The lowest BCUT2D eigenvalue weighted by Gasteiger charge is -2.09. The number of amides is 1. The number of hydrogen-bond donors (Lipinski definition) is 1. The Kier molecular flexibility index (Phi) is 4.32. The summed E-state index contributed by atoms with van der Waals surface area (Å²) in [4.78, 5) is 12.4. The highest BCUT2D eigenvalue weighted by atomic mass is 35.5. The van der Waals surface area contributed by atoms with Crippen LogP contribution < -0.4 is 5.32 Å². The number of carbonyl (C=O) groups excluding carboxylic acids is 1. The largest absolute Gasteiger partial charge is 0.306 e. The number of benzene rings is 2. The molecule has 0 unspecified atom stereocenters. The Balaban J connectivity index is 1.88. The van der Waals surface area contributed by atoms with Crippen molar-refractivity contribution >= 4 is 23.3 Å². The monoisotopic (exact) mass is 336 g/mol. The molecule has 0 aliphatic heterocycles. The van der Waals surface area contributed by atoms with Crippen LogP contribution in [0.25, 0.3) is 5.69 Å². The van der Waals surface area contributed by atoms with E-state index >= 15 is 0 Å². The summed E-state index contributed by atoms with van der Waals surface area (Å²) in [5.74, 6) is 0.291. The van der Waals surface area contributed by atoms with Gasteiger partial charge in [-0.3, -0.25) is 4.79 Å². The molecule has 3 aromatic rings. The minimum atomic E-state index is -0.269. The molecule has 0 aliphatic carbocycles. The standard InChI is InChI=1S/C18H13ClN4O/c1-12-10-17(23(22-12)16-8-6-15(19)7-9-16)21-18(24)14-4-2-13(11-20)3-5-14/h2-10H,1H3,(H,21,24). The first-order valence-corrected chi connectivity index (χ1v) is 7.59. The van der Waals surface area contributed by atoms with Crippen LogP contribution in [0, 0.1) is 18.3 Å². The molecule has 3 rings (SSSR count). The number of hydrogen-bond acceptors (Lipinski definition) is 3. The fraction of sp³-hybridized carbons (Fsp3) is 0.0556. The van der Waals surface area contributed by atoms with Crippen molar-refractivity contribution in [3.05, 3.63) is 76.4 Å². The SMILES string of the molecule is Cc1cc(NC(=O)c2ccc(C#N)cc2)n(-c2ccc(Cl)cc2)n1. The molecule has 1 amide bonds. The first-order chi connectivity index (χ1) is 11.6. The second kappa shape index (κ2) is 6.57. The lowest BCUT2D eigenvalue weighted by molar-refractivity contribution is 0.102. The first-order valence-electron chi connectivity index (χ1n) is 7.21. The van der Waals surface area contributed by atoms with Crippen LogP contribution in [-0.4, -0.2) is 15.7 Å². The average Bonchev–Trinajstić information content (AvgIpc) is 2.96. The molecule has 6 heteroatoms. The smallest absolute Gasteiger partial charge is 0.256 e. The van der Waals surface area contributed by atoms with Gasteiger partial charge in [0.25, 0.3) is 5.91 Å². The topological polar surface area (TPSA) is 70.7 Å². The predicted molar refractivity (Wildman–Crippen MR) is 92.4 cm³/mol. The van der Waals surface area contributed by atoms with Gasteiger partial charge >= 0.3 is 0 Å². The Morgan fingerprint density at radius 2 is 1.83 bits per heavy atom. The maximum absolute atomic E-state index is 12.4. The molecule has 0 atom stereocenters. The van der Waals surface area contributed by atoms with E-state index in [1.165, 1.54) is 0 Å². The van der Waals surface area contributed by atoms with Crippen molar-refractivity contribution < 1.29 is 4.79 Å². The van der Waals surface area contributed by atoms with Gasteiger partial charge in [-0.05, 0) is 55.5 Å². The lowest BCUT2D eigenvalue weighted by atomic mass is 10.1. The van der Waals surface area contributed by atoms with E-state index < -0.39 is 0 Å². The van der Waals surface area contributed by atoms with Crippen LogP contribution in [0.2, 0.25) is 5.02 Å². The van der Waals surface area contributed by atoms with E-state index in [1.807, 2.05) is 25.1 Å². The molecule has 5 nitrogen and oxygen atoms in total. The zero-order chi connectivity index (χ0) is 17.1. The molecule has 0 fully saturated rings. The fourth-order valence-corrected chi connectivity index (χ4v) is 2.38. The highest BCUT2D eigenvalue weighted by molar-refractivity contribution is 6.30. The van der Waals surface area contributed by atoms with Crippen molar-refractivity contribution in [3.8, 4) is 11.8 Å². The summed E-state index contributed by atoms with van der Waals surface area (Å²) in [6.07, 6.45) is 0. The Morgan fingerprint density at radius 1 is 1.17 bits per heavy atom. The molecule has 118 valence electrons. The van der Waals surface area contributed by atoms with Crippen molar-refractivity contribution in [2.75, 3.05) is 5.32 Å². The Morgan fingerprint density at radius 3 is 2.46 bits per heavy atom. The molecule has 0 radical (unpaired) electrons. The zero-order valence-electron chi connectivity index (χ0n) is 12.8. The Labute approximate surface area is 144 Å². The van der Waals surface area contributed by atoms with E-state index in [0.29, 0.717) is 22.0 Å². The number of nitrogens with one attached hydrogen (secondary N) is 1. The molecule has 1 N–H and O–H groups in total. The molecule has 0 bridgehead atoms. The fourth-order valence-electron chi connectivity index (χ4n) is 2.25. The number of rotatable bonds is 3. The molecule has 1 aromatic heterocycles. The number of anilines is 1. The molecule has 0 saturated carbocycles. The number of aryl methyl sites for hydroxylation is 1. The van der Waals surface area contributed by atoms with Crippen LogP contribution >= 0.6 is 11.6 Å².